The highest BCUT2D eigenvalue weighted by Crippen LogP contribution is 2.43. The summed E-state index contributed by atoms with van der Waals surface area (Å²) in [4.78, 5) is 11.7. The molecule has 0 aliphatic carbocycles. The Bertz CT molecular complexity index is 265. The Kier molecular flexibility index (Phi) is 4.29. The SMILES string of the molecule is CCC(C(=O)OC)C1(O)CSCC(C)(C)C1. The highest BCUT2D eigenvalue weighted by Gasteiger charge is 2.47. The van der Waals surface area contributed by atoms with E-state index in [2.05, 4.69) is 13.8 Å². The van der Waals surface area contributed by atoms with E-state index >= 15 is 0 Å². The Morgan fingerprint density at radius 1 is 1.50 bits per heavy atom. The molecule has 1 aliphatic heterocycles. The summed E-state index contributed by atoms with van der Waals surface area (Å²) >= 11 is 1.72. The number of carbonyl (C=O) groups excluding carboxylic acids is 1. The van der Waals surface area contributed by atoms with Gasteiger partial charge >= 0.3 is 5.97 Å². The van der Waals surface area contributed by atoms with E-state index in [-0.39, 0.29) is 11.4 Å². The average Bonchev–Trinajstić information content (AvgIpc) is 2.15. The van der Waals surface area contributed by atoms with E-state index in [4.69, 9.17) is 4.74 Å². The fourth-order valence-electron chi connectivity index (χ4n) is 2.57. The summed E-state index contributed by atoms with van der Waals surface area (Å²) in [6.07, 6.45) is 1.29. The molecule has 94 valence electrons. The summed E-state index contributed by atoms with van der Waals surface area (Å²) in [6.45, 7) is 6.19. The molecule has 0 spiro atoms. The van der Waals surface area contributed by atoms with Crippen molar-refractivity contribution in [1.29, 1.82) is 0 Å². The van der Waals surface area contributed by atoms with Crippen molar-refractivity contribution in [3.05, 3.63) is 0 Å². The molecule has 4 heteroatoms. The number of aliphatic hydroxyl groups is 1. The Morgan fingerprint density at radius 2 is 2.12 bits per heavy atom. The zero-order chi connectivity index (χ0) is 12.4. The molecule has 2 unspecified atom stereocenters. The summed E-state index contributed by atoms with van der Waals surface area (Å²) in [6, 6.07) is 0. The lowest BCUT2D eigenvalue weighted by Crippen LogP contribution is -2.51. The Labute approximate surface area is 102 Å². The fraction of sp³-hybridized carbons (Fsp3) is 0.917. The maximum atomic E-state index is 11.7. The molecule has 0 bridgehead atoms. The van der Waals surface area contributed by atoms with Crippen LogP contribution in [0.15, 0.2) is 0 Å². The molecule has 0 aromatic rings. The lowest BCUT2D eigenvalue weighted by atomic mass is 9.74. The maximum Gasteiger partial charge on any atom is 0.311 e. The van der Waals surface area contributed by atoms with Crippen LogP contribution < -0.4 is 0 Å². The third-order valence-corrected chi connectivity index (χ3v) is 4.86. The van der Waals surface area contributed by atoms with Crippen molar-refractivity contribution in [1.82, 2.24) is 0 Å². The van der Waals surface area contributed by atoms with Gasteiger partial charge in [0.2, 0.25) is 0 Å². The molecule has 0 aromatic heterocycles. The largest absolute Gasteiger partial charge is 0.469 e. The first-order chi connectivity index (χ1) is 7.34. The number of hydrogen-bond donors (Lipinski definition) is 1. The molecule has 1 N–H and O–H groups in total. The van der Waals surface area contributed by atoms with Crippen molar-refractivity contribution in [2.75, 3.05) is 18.6 Å². The van der Waals surface area contributed by atoms with Crippen LogP contribution in [-0.4, -0.2) is 35.3 Å². The van der Waals surface area contributed by atoms with Crippen molar-refractivity contribution in [3.63, 3.8) is 0 Å². The average molecular weight is 246 g/mol. The number of esters is 1. The number of thioether (sulfide) groups is 1. The molecule has 0 saturated carbocycles. The summed E-state index contributed by atoms with van der Waals surface area (Å²) < 4.78 is 4.78. The van der Waals surface area contributed by atoms with E-state index in [1.165, 1.54) is 7.11 Å². The van der Waals surface area contributed by atoms with E-state index in [1.54, 1.807) is 11.8 Å². The monoisotopic (exact) mass is 246 g/mol. The Morgan fingerprint density at radius 3 is 2.56 bits per heavy atom. The van der Waals surface area contributed by atoms with Crippen LogP contribution in [0.3, 0.4) is 0 Å². The zero-order valence-corrected chi connectivity index (χ0v) is 11.4. The van der Waals surface area contributed by atoms with Crippen LogP contribution in [0.1, 0.15) is 33.6 Å². The lowest BCUT2D eigenvalue weighted by Gasteiger charge is -2.44. The lowest BCUT2D eigenvalue weighted by molar-refractivity contribution is -0.156. The minimum absolute atomic E-state index is 0.0824. The number of methoxy groups -OCH3 is 1. The first-order valence-corrected chi connectivity index (χ1v) is 6.88. The quantitative estimate of drug-likeness (QED) is 0.775. The second-order valence-corrected chi connectivity index (χ2v) is 6.41. The standard InChI is InChI=1S/C12H22O3S/c1-5-9(10(13)15-4)12(14)6-11(2,3)7-16-8-12/h9,14H,5-8H2,1-4H3. The molecule has 1 saturated heterocycles. The van der Waals surface area contributed by atoms with Gasteiger partial charge in [-0.05, 0) is 24.0 Å². The first kappa shape index (κ1) is 13.8. The zero-order valence-electron chi connectivity index (χ0n) is 10.6. The molecule has 3 nitrogen and oxygen atoms in total. The molecule has 1 fully saturated rings. The molecule has 16 heavy (non-hydrogen) atoms. The van der Waals surface area contributed by atoms with Gasteiger partial charge in [-0.3, -0.25) is 4.79 Å². The highest BCUT2D eigenvalue weighted by atomic mass is 32.2. The molecule has 1 rings (SSSR count). The topological polar surface area (TPSA) is 46.5 Å². The third-order valence-electron chi connectivity index (χ3n) is 3.17. The van der Waals surface area contributed by atoms with Gasteiger partial charge < -0.3 is 9.84 Å². The van der Waals surface area contributed by atoms with Gasteiger partial charge in [0.15, 0.2) is 0 Å². The van der Waals surface area contributed by atoms with Gasteiger partial charge in [-0.1, -0.05) is 20.8 Å². The van der Waals surface area contributed by atoms with Gasteiger partial charge in [0.25, 0.3) is 0 Å². The van der Waals surface area contributed by atoms with E-state index in [0.717, 1.165) is 5.75 Å². The van der Waals surface area contributed by atoms with Gasteiger partial charge in [-0.2, -0.15) is 11.8 Å². The van der Waals surface area contributed by atoms with Gasteiger partial charge in [-0.15, -0.1) is 0 Å². The van der Waals surface area contributed by atoms with E-state index in [0.29, 0.717) is 18.6 Å². The first-order valence-electron chi connectivity index (χ1n) is 5.72. The Balaban J connectivity index is 2.85. The van der Waals surface area contributed by atoms with Crippen LogP contribution in [0, 0.1) is 11.3 Å². The van der Waals surface area contributed by atoms with Gasteiger partial charge in [0.05, 0.1) is 18.6 Å². The molecule has 2 atom stereocenters. The summed E-state index contributed by atoms with van der Waals surface area (Å²) in [7, 11) is 1.38. The second-order valence-electron chi connectivity index (χ2n) is 5.42. The summed E-state index contributed by atoms with van der Waals surface area (Å²) in [5.41, 5.74) is -0.826. The van der Waals surface area contributed by atoms with Crippen molar-refractivity contribution < 1.29 is 14.6 Å². The highest BCUT2D eigenvalue weighted by molar-refractivity contribution is 7.99. The predicted molar refractivity (Wildman–Crippen MR) is 66.5 cm³/mol. The summed E-state index contributed by atoms with van der Waals surface area (Å²) in [5.74, 6) is 0.976. The summed E-state index contributed by atoms with van der Waals surface area (Å²) in [5, 5.41) is 10.6. The van der Waals surface area contributed by atoms with Crippen LogP contribution in [0.25, 0.3) is 0 Å². The van der Waals surface area contributed by atoms with E-state index < -0.39 is 11.5 Å². The van der Waals surface area contributed by atoms with Gasteiger partial charge in [0.1, 0.15) is 0 Å². The maximum absolute atomic E-state index is 11.7. The molecule has 0 aromatic carbocycles. The molecular weight excluding hydrogens is 224 g/mol. The van der Waals surface area contributed by atoms with Gasteiger partial charge in [0, 0.05) is 5.75 Å². The fourth-order valence-corrected chi connectivity index (χ4v) is 3.98. The van der Waals surface area contributed by atoms with Crippen molar-refractivity contribution >= 4 is 17.7 Å². The van der Waals surface area contributed by atoms with Crippen LogP contribution in [-0.2, 0) is 9.53 Å². The number of ether oxygens (including phenoxy) is 1. The minimum Gasteiger partial charge on any atom is -0.469 e. The minimum atomic E-state index is -0.908. The number of hydrogen-bond acceptors (Lipinski definition) is 4. The molecule has 0 radical (unpaired) electrons. The molecule has 1 heterocycles. The van der Waals surface area contributed by atoms with Crippen LogP contribution in [0.4, 0.5) is 0 Å². The molecular formula is C12H22O3S. The van der Waals surface area contributed by atoms with Crippen LogP contribution >= 0.6 is 11.8 Å². The molecule has 1 aliphatic rings. The number of carbonyl (C=O) groups is 1. The Hall–Kier alpha value is -0.220. The van der Waals surface area contributed by atoms with Crippen molar-refractivity contribution in [3.8, 4) is 0 Å². The number of rotatable bonds is 3. The third kappa shape index (κ3) is 2.92. The van der Waals surface area contributed by atoms with Crippen molar-refractivity contribution in [2.45, 2.75) is 39.2 Å². The van der Waals surface area contributed by atoms with Crippen LogP contribution in [0.2, 0.25) is 0 Å². The van der Waals surface area contributed by atoms with Gasteiger partial charge in [-0.25, -0.2) is 0 Å². The second kappa shape index (κ2) is 4.96. The van der Waals surface area contributed by atoms with E-state index in [9.17, 15) is 9.90 Å². The predicted octanol–water partition coefficient (Wildman–Crippen LogP) is 2.08. The smallest absolute Gasteiger partial charge is 0.311 e. The van der Waals surface area contributed by atoms with Crippen LogP contribution in [0.5, 0.6) is 0 Å². The van der Waals surface area contributed by atoms with Crippen molar-refractivity contribution in [2.24, 2.45) is 11.3 Å². The normalized spacial score (nSPS) is 30.8. The molecule has 0 amide bonds. The van der Waals surface area contributed by atoms with E-state index in [1.807, 2.05) is 6.92 Å².